The number of aliphatic hydroxyl groups excluding tert-OH is 1. The van der Waals surface area contributed by atoms with Gasteiger partial charge in [-0.25, -0.2) is 4.98 Å². The second kappa shape index (κ2) is 10.3. The number of aliphatic hydroxyl groups is 1. The summed E-state index contributed by atoms with van der Waals surface area (Å²) in [5.41, 5.74) is 6.20. The lowest BCUT2D eigenvalue weighted by atomic mass is 10.0. The Labute approximate surface area is 221 Å². The maximum atomic E-state index is 10.9. The summed E-state index contributed by atoms with van der Waals surface area (Å²) in [7, 11) is 0. The summed E-state index contributed by atoms with van der Waals surface area (Å²) in [4.78, 5) is 9.38. The third-order valence-corrected chi connectivity index (χ3v) is 8.25. The zero-order valence-corrected chi connectivity index (χ0v) is 21.5. The summed E-state index contributed by atoms with van der Waals surface area (Å²) in [5, 5.41) is 22.5. The van der Waals surface area contributed by atoms with Gasteiger partial charge in [0, 0.05) is 36.6 Å². The van der Waals surface area contributed by atoms with Gasteiger partial charge in [0.05, 0.1) is 17.8 Å². The summed E-state index contributed by atoms with van der Waals surface area (Å²) in [6.45, 7) is 3.37. The van der Waals surface area contributed by atoms with E-state index in [2.05, 4.69) is 76.5 Å². The first-order valence-corrected chi connectivity index (χ1v) is 13.7. The Kier molecular flexibility index (Phi) is 6.60. The molecule has 186 valence electrons. The molecule has 0 radical (unpaired) electrons. The Morgan fingerprint density at radius 3 is 2.16 bits per heavy atom. The van der Waals surface area contributed by atoms with E-state index in [1.807, 2.05) is 23.6 Å². The Bertz CT molecular complexity index is 1400. The van der Waals surface area contributed by atoms with Crippen LogP contribution in [0.5, 0.6) is 0 Å². The average molecular weight is 507 g/mol. The van der Waals surface area contributed by atoms with Gasteiger partial charge in [0.25, 0.3) is 0 Å². The van der Waals surface area contributed by atoms with E-state index in [9.17, 15) is 5.11 Å². The maximum absolute atomic E-state index is 10.9. The molecule has 3 aromatic carbocycles. The van der Waals surface area contributed by atoms with Crippen molar-refractivity contribution in [1.82, 2.24) is 14.8 Å². The maximum Gasteiger partial charge on any atom is 0.135 e. The van der Waals surface area contributed by atoms with Crippen molar-refractivity contribution in [3.05, 3.63) is 107 Å². The van der Waals surface area contributed by atoms with E-state index < -0.39 is 0 Å². The number of amidine groups is 1. The van der Waals surface area contributed by atoms with Crippen LogP contribution in [0.4, 0.5) is 0 Å². The van der Waals surface area contributed by atoms with E-state index in [1.54, 1.807) is 0 Å². The van der Waals surface area contributed by atoms with Crippen LogP contribution in [0.1, 0.15) is 23.4 Å². The van der Waals surface area contributed by atoms with Crippen LogP contribution in [0.15, 0.2) is 96.1 Å². The molecule has 0 spiro atoms. The zero-order chi connectivity index (χ0) is 25.2. The largest absolute Gasteiger partial charge is 0.510 e. The number of nitrogens with zero attached hydrogens (tertiary/aromatic N) is 3. The molecule has 0 atom stereocenters. The molecule has 1 aromatic heterocycles. The molecule has 0 saturated carbocycles. The molecule has 2 aliphatic heterocycles. The van der Waals surface area contributed by atoms with Crippen LogP contribution in [-0.2, 0) is 6.54 Å². The van der Waals surface area contributed by atoms with E-state index in [0.29, 0.717) is 23.0 Å². The molecule has 0 amide bonds. The van der Waals surface area contributed by atoms with Crippen LogP contribution in [0, 0.1) is 5.41 Å². The summed E-state index contributed by atoms with van der Waals surface area (Å²) in [6, 6.07) is 29.6. The smallest absolute Gasteiger partial charge is 0.135 e. The number of aromatic nitrogens is 1. The lowest BCUT2D eigenvalue weighted by Crippen LogP contribution is -2.45. The Hall–Kier alpha value is -3.74. The fourth-order valence-electron chi connectivity index (χ4n) is 5.35. The highest BCUT2D eigenvalue weighted by atomic mass is 32.1. The molecule has 6 rings (SSSR count). The minimum atomic E-state index is 0.261. The van der Waals surface area contributed by atoms with Crippen molar-refractivity contribution in [3.63, 3.8) is 0 Å². The van der Waals surface area contributed by atoms with E-state index in [4.69, 9.17) is 10.4 Å². The van der Waals surface area contributed by atoms with Gasteiger partial charge in [-0.1, -0.05) is 84.9 Å². The Balaban J connectivity index is 1.11. The van der Waals surface area contributed by atoms with Crippen LogP contribution in [-0.4, -0.2) is 51.4 Å². The summed E-state index contributed by atoms with van der Waals surface area (Å²) < 4.78 is 0. The van der Waals surface area contributed by atoms with E-state index in [-0.39, 0.29) is 11.8 Å². The first-order chi connectivity index (χ1) is 18.2. The number of piperidine rings is 1. The molecule has 5 nitrogen and oxygen atoms in total. The normalized spacial score (nSPS) is 17.1. The lowest BCUT2D eigenvalue weighted by Gasteiger charge is -2.37. The van der Waals surface area contributed by atoms with Gasteiger partial charge in [-0.3, -0.25) is 10.3 Å². The number of nitrogens with one attached hydrogen (secondary N) is 1. The molecule has 1 saturated heterocycles. The lowest BCUT2D eigenvalue weighted by molar-refractivity contribution is 0.149. The monoisotopic (exact) mass is 506 g/mol. The van der Waals surface area contributed by atoms with Crippen molar-refractivity contribution in [2.24, 2.45) is 0 Å². The molecule has 37 heavy (non-hydrogen) atoms. The molecular formula is C31H30N4OS. The van der Waals surface area contributed by atoms with E-state index >= 15 is 0 Å². The molecule has 0 unspecified atom stereocenters. The van der Waals surface area contributed by atoms with Gasteiger partial charge in [0.2, 0.25) is 0 Å². The third-order valence-electron chi connectivity index (χ3n) is 7.39. The molecule has 2 N–H and O–H groups in total. The first-order valence-electron chi connectivity index (χ1n) is 12.8. The number of benzene rings is 3. The topological polar surface area (TPSA) is 63.5 Å². The van der Waals surface area contributed by atoms with Crippen molar-refractivity contribution in [1.29, 1.82) is 5.41 Å². The van der Waals surface area contributed by atoms with Crippen LogP contribution in [0.2, 0.25) is 0 Å². The molecule has 6 heteroatoms. The van der Waals surface area contributed by atoms with Crippen molar-refractivity contribution in [3.8, 4) is 22.4 Å². The molecule has 1 fully saturated rings. The van der Waals surface area contributed by atoms with E-state index in [0.717, 1.165) is 43.7 Å². The minimum absolute atomic E-state index is 0.261. The predicted molar refractivity (Wildman–Crippen MR) is 152 cm³/mol. The van der Waals surface area contributed by atoms with Crippen LogP contribution >= 0.6 is 11.3 Å². The SMILES string of the molecule is N=C1C(c2nc(-c3ccc(-c4ccccc4)cc3)cs2)=C(O)CN1C1CCN(Cc2ccccc2)CC1. The molecule has 3 heterocycles. The molecule has 4 aromatic rings. The fraction of sp³-hybridized carbons (Fsp3) is 0.226. The van der Waals surface area contributed by atoms with Crippen molar-refractivity contribution < 1.29 is 5.11 Å². The van der Waals surface area contributed by atoms with Gasteiger partial charge < -0.3 is 10.0 Å². The highest BCUT2D eigenvalue weighted by Crippen LogP contribution is 2.35. The van der Waals surface area contributed by atoms with Crippen LogP contribution in [0.25, 0.3) is 28.0 Å². The average Bonchev–Trinajstić information content (AvgIpc) is 3.54. The number of hydrogen-bond donors (Lipinski definition) is 2. The minimum Gasteiger partial charge on any atom is -0.510 e. The molecule has 0 aliphatic carbocycles. The number of hydrogen-bond acceptors (Lipinski definition) is 5. The van der Waals surface area contributed by atoms with Gasteiger partial charge in [-0.05, 0) is 29.5 Å². The predicted octanol–water partition coefficient (Wildman–Crippen LogP) is 6.70. The second-order valence-electron chi connectivity index (χ2n) is 9.77. The third kappa shape index (κ3) is 4.95. The molecule has 2 aliphatic rings. The van der Waals surface area contributed by atoms with Gasteiger partial charge >= 0.3 is 0 Å². The summed E-state index contributed by atoms with van der Waals surface area (Å²) in [5.74, 6) is 0.663. The highest BCUT2D eigenvalue weighted by molar-refractivity contribution is 7.11. The van der Waals surface area contributed by atoms with Crippen LogP contribution in [0.3, 0.4) is 0 Å². The van der Waals surface area contributed by atoms with Crippen LogP contribution < -0.4 is 0 Å². The highest BCUT2D eigenvalue weighted by Gasteiger charge is 2.36. The molecule has 0 bridgehead atoms. The number of likely N-dealkylation sites (tertiary alicyclic amines) is 1. The van der Waals surface area contributed by atoms with Gasteiger partial charge in [-0.2, -0.15) is 0 Å². The summed E-state index contributed by atoms with van der Waals surface area (Å²) in [6.07, 6.45) is 1.99. The van der Waals surface area contributed by atoms with E-state index in [1.165, 1.54) is 28.0 Å². The number of thiazole rings is 1. The van der Waals surface area contributed by atoms with Gasteiger partial charge in [0.1, 0.15) is 16.6 Å². The van der Waals surface area contributed by atoms with Gasteiger partial charge in [0.15, 0.2) is 0 Å². The van der Waals surface area contributed by atoms with Crippen molar-refractivity contribution in [2.45, 2.75) is 25.4 Å². The zero-order valence-electron chi connectivity index (χ0n) is 20.7. The first kappa shape index (κ1) is 23.6. The molecular weight excluding hydrogens is 476 g/mol. The second-order valence-corrected chi connectivity index (χ2v) is 10.6. The Morgan fingerprint density at radius 2 is 1.46 bits per heavy atom. The fourth-order valence-corrected chi connectivity index (χ4v) is 6.25. The number of rotatable bonds is 6. The van der Waals surface area contributed by atoms with Crippen molar-refractivity contribution >= 4 is 22.7 Å². The van der Waals surface area contributed by atoms with Crippen molar-refractivity contribution in [2.75, 3.05) is 19.6 Å². The summed E-state index contributed by atoms with van der Waals surface area (Å²) >= 11 is 1.50. The Morgan fingerprint density at radius 1 is 0.838 bits per heavy atom. The quantitative estimate of drug-likeness (QED) is 0.305. The van der Waals surface area contributed by atoms with Gasteiger partial charge in [-0.15, -0.1) is 11.3 Å². The standard InChI is InChI=1S/C31H30N4OS/c32-30-29(28(36)20-35(30)26-15-17-34(18-16-26)19-22-7-3-1-4-8-22)31-33-27(21-37-31)25-13-11-24(12-14-25)23-9-5-2-6-10-23/h1-14,21,26,32,36H,15-20H2.